The summed E-state index contributed by atoms with van der Waals surface area (Å²) in [6, 6.07) is 6.22. The fourth-order valence-corrected chi connectivity index (χ4v) is 3.74. The van der Waals surface area contributed by atoms with E-state index in [1.807, 2.05) is 6.07 Å². The first-order chi connectivity index (χ1) is 10.3. The maximum atomic E-state index is 5.82. The lowest BCUT2D eigenvalue weighted by atomic mass is 9.81. The van der Waals surface area contributed by atoms with Crippen LogP contribution in [0.15, 0.2) is 24.4 Å². The molecule has 1 N–H and O–H groups in total. The molecule has 2 aliphatic rings. The summed E-state index contributed by atoms with van der Waals surface area (Å²) in [5, 5.41) is 1.28. The molecule has 4 heteroatoms. The van der Waals surface area contributed by atoms with Gasteiger partial charge < -0.3 is 19.2 Å². The van der Waals surface area contributed by atoms with Crippen LogP contribution in [0.3, 0.4) is 0 Å². The molecule has 4 rings (SSSR count). The first-order valence-electron chi connectivity index (χ1n) is 7.73. The molecule has 0 amide bonds. The Morgan fingerprint density at radius 1 is 1.19 bits per heavy atom. The normalized spacial score (nSPS) is 22.1. The van der Waals surface area contributed by atoms with E-state index in [0.717, 1.165) is 44.6 Å². The van der Waals surface area contributed by atoms with Crippen molar-refractivity contribution in [3.05, 3.63) is 30.0 Å². The predicted octanol–water partition coefficient (Wildman–Crippen LogP) is 3.58. The lowest BCUT2D eigenvalue weighted by Gasteiger charge is -2.35. The third-order valence-corrected chi connectivity index (χ3v) is 4.92. The first kappa shape index (κ1) is 13.2. The molecule has 1 aromatic heterocycles. The van der Waals surface area contributed by atoms with E-state index in [4.69, 9.17) is 14.2 Å². The highest BCUT2D eigenvalue weighted by molar-refractivity contribution is 5.85. The van der Waals surface area contributed by atoms with E-state index in [9.17, 15) is 0 Å². The van der Waals surface area contributed by atoms with Crippen molar-refractivity contribution in [2.45, 2.75) is 37.4 Å². The van der Waals surface area contributed by atoms with Gasteiger partial charge in [0.15, 0.2) is 5.79 Å². The van der Waals surface area contributed by atoms with Crippen molar-refractivity contribution in [1.29, 1.82) is 0 Å². The smallest absolute Gasteiger partial charge is 0.168 e. The molecule has 1 spiro atoms. The SMILES string of the molecule is COc1ccc2[nH]cc(C3CCC4(CC3)OCCO4)c2c1. The number of methoxy groups -OCH3 is 1. The zero-order valence-corrected chi connectivity index (χ0v) is 12.4. The molecule has 2 fully saturated rings. The van der Waals surface area contributed by atoms with Gasteiger partial charge in [0.1, 0.15) is 5.75 Å². The fraction of sp³-hybridized carbons (Fsp3) is 0.529. The molecule has 112 valence electrons. The van der Waals surface area contributed by atoms with E-state index in [1.54, 1.807) is 7.11 Å². The van der Waals surface area contributed by atoms with Crippen molar-refractivity contribution in [2.75, 3.05) is 20.3 Å². The van der Waals surface area contributed by atoms with Crippen LogP contribution in [0.1, 0.15) is 37.2 Å². The molecule has 1 saturated carbocycles. The van der Waals surface area contributed by atoms with Gasteiger partial charge in [0.05, 0.1) is 20.3 Å². The van der Waals surface area contributed by atoms with Crippen LogP contribution in [0.2, 0.25) is 0 Å². The van der Waals surface area contributed by atoms with Crippen LogP contribution in [-0.2, 0) is 9.47 Å². The third kappa shape index (κ3) is 2.23. The second-order valence-electron chi connectivity index (χ2n) is 6.04. The standard InChI is InChI=1S/C17H21NO3/c1-19-13-2-3-16-14(10-13)15(11-18-16)12-4-6-17(7-5-12)20-8-9-21-17/h2-3,10-12,18H,4-9H2,1H3. The average molecular weight is 287 g/mol. The number of rotatable bonds is 2. The minimum absolute atomic E-state index is 0.277. The van der Waals surface area contributed by atoms with Crippen molar-refractivity contribution in [3.8, 4) is 5.75 Å². The number of ether oxygens (including phenoxy) is 3. The molecule has 21 heavy (non-hydrogen) atoms. The highest BCUT2D eigenvalue weighted by Crippen LogP contribution is 2.44. The molecule has 0 radical (unpaired) electrons. The minimum Gasteiger partial charge on any atom is -0.497 e. The summed E-state index contributed by atoms with van der Waals surface area (Å²) in [6.07, 6.45) is 6.38. The second-order valence-corrected chi connectivity index (χ2v) is 6.04. The van der Waals surface area contributed by atoms with Gasteiger partial charge in [-0.3, -0.25) is 0 Å². The fourth-order valence-electron chi connectivity index (χ4n) is 3.74. The summed E-state index contributed by atoms with van der Waals surface area (Å²) in [4.78, 5) is 3.38. The molecule has 0 unspecified atom stereocenters. The highest BCUT2D eigenvalue weighted by atomic mass is 16.7. The van der Waals surface area contributed by atoms with Crippen LogP contribution in [0.25, 0.3) is 10.9 Å². The number of nitrogens with one attached hydrogen (secondary N) is 1. The van der Waals surface area contributed by atoms with Crippen LogP contribution in [0.4, 0.5) is 0 Å². The molecular weight excluding hydrogens is 266 g/mol. The summed E-state index contributed by atoms with van der Waals surface area (Å²) in [6.45, 7) is 1.49. The number of aromatic amines is 1. The van der Waals surface area contributed by atoms with Crippen LogP contribution in [0.5, 0.6) is 5.75 Å². The van der Waals surface area contributed by atoms with Crippen molar-refractivity contribution in [2.24, 2.45) is 0 Å². The van der Waals surface area contributed by atoms with Crippen LogP contribution in [0, 0.1) is 0 Å². The van der Waals surface area contributed by atoms with E-state index in [1.165, 1.54) is 16.5 Å². The van der Waals surface area contributed by atoms with Gasteiger partial charge in [-0.25, -0.2) is 0 Å². The molecule has 2 aromatic rings. The number of benzene rings is 1. The Morgan fingerprint density at radius 2 is 1.95 bits per heavy atom. The molecule has 1 aliphatic heterocycles. The molecule has 0 bridgehead atoms. The molecule has 2 heterocycles. The lowest BCUT2D eigenvalue weighted by Crippen LogP contribution is -2.34. The molecule has 1 saturated heterocycles. The Labute approximate surface area is 124 Å². The van der Waals surface area contributed by atoms with E-state index in [0.29, 0.717) is 5.92 Å². The van der Waals surface area contributed by atoms with Gasteiger partial charge >= 0.3 is 0 Å². The van der Waals surface area contributed by atoms with Gasteiger partial charge in [0.25, 0.3) is 0 Å². The Kier molecular flexibility index (Phi) is 3.16. The second kappa shape index (κ2) is 5.04. The van der Waals surface area contributed by atoms with Crippen LogP contribution >= 0.6 is 0 Å². The zero-order chi connectivity index (χ0) is 14.3. The number of hydrogen-bond donors (Lipinski definition) is 1. The Morgan fingerprint density at radius 3 is 2.67 bits per heavy atom. The number of H-pyrrole nitrogens is 1. The Hall–Kier alpha value is -1.52. The predicted molar refractivity (Wildman–Crippen MR) is 80.7 cm³/mol. The minimum atomic E-state index is -0.277. The summed E-state index contributed by atoms with van der Waals surface area (Å²) >= 11 is 0. The number of fused-ring (bicyclic) bond motifs is 1. The molecular formula is C17H21NO3. The van der Waals surface area contributed by atoms with Gasteiger partial charge in [-0.1, -0.05) is 0 Å². The summed E-state index contributed by atoms with van der Waals surface area (Å²) < 4.78 is 17.0. The molecule has 1 aliphatic carbocycles. The quantitative estimate of drug-likeness (QED) is 0.918. The molecule has 0 atom stereocenters. The largest absolute Gasteiger partial charge is 0.497 e. The monoisotopic (exact) mass is 287 g/mol. The van der Waals surface area contributed by atoms with Gasteiger partial charge in [-0.2, -0.15) is 0 Å². The average Bonchev–Trinajstić information content (AvgIpc) is 3.15. The number of hydrogen-bond acceptors (Lipinski definition) is 3. The zero-order valence-electron chi connectivity index (χ0n) is 12.4. The Balaban J connectivity index is 1.59. The lowest BCUT2D eigenvalue weighted by molar-refractivity contribution is -0.178. The molecule has 1 aromatic carbocycles. The van der Waals surface area contributed by atoms with Crippen molar-refractivity contribution in [1.82, 2.24) is 4.98 Å². The first-order valence-corrected chi connectivity index (χ1v) is 7.73. The van der Waals surface area contributed by atoms with Crippen molar-refractivity contribution < 1.29 is 14.2 Å². The molecule has 4 nitrogen and oxygen atoms in total. The van der Waals surface area contributed by atoms with E-state index in [2.05, 4.69) is 23.3 Å². The van der Waals surface area contributed by atoms with Crippen LogP contribution in [-0.4, -0.2) is 31.1 Å². The maximum Gasteiger partial charge on any atom is 0.168 e. The van der Waals surface area contributed by atoms with Crippen molar-refractivity contribution in [3.63, 3.8) is 0 Å². The summed E-state index contributed by atoms with van der Waals surface area (Å²) in [7, 11) is 1.71. The maximum absolute atomic E-state index is 5.82. The summed E-state index contributed by atoms with van der Waals surface area (Å²) in [5.74, 6) is 1.21. The Bertz CT molecular complexity index is 633. The van der Waals surface area contributed by atoms with Gasteiger partial charge in [0, 0.05) is 29.9 Å². The van der Waals surface area contributed by atoms with Gasteiger partial charge in [0.2, 0.25) is 0 Å². The number of aromatic nitrogens is 1. The summed E-state index contributed by atoms with van der Waals surface area (Å²) in [5.41, 5.74) is 2.58. The van der Waals surface area contributed by atoms with E-state index in [-0.39, 0.29) is 5.79 Å². The van der Waals surface area contributed by atoms with Gasteiger partial charge in [-0.15, -0.1) is 0 Å². The van der Waals surface area contributed by atoms with E-state index < -0.39 is 0 Å². The van der Waals surface area contributed by atoms with Crippen LogP contribution < -0.4 is 4.74 Å². The third-order valence-electron chi connectivity index (χ3n) is 4.92. The van der Waals surface area contributed by atoms with E-state index >= 15 is 0 Å². The topological polar surface area (TPSA) is 43.5 Å². The highest BCUT2D eigenvalue weighted by Gasteiger charge is 2.40. The van der Waals surface area contributed by atoms with Gasteiger partial charge in [-0.05, 0) is 42.5 Å². The van der Waals surface area contributed by atoms with Crippen molar-refractivity contribution >= 4 is 10.9 Å².